The zero-order valence-electron chi connectivity index (χ0n) is 11.9. The number of nitrogens with one attached hydrogen (secondary N) is 1. The third-order valence-corrected chi connectivity index (χ3v) is 4.83. The Kier molecular flexibility index (Phi) is 4.03. The van der Waals surface area contributed by atoms with Gasteiger partial charge in [-0.25, -0.2) is 4.52 Å². The number of fused-ring (bicyclic) bond motifs is 1. The van der Waals surface area contributed by atoms with E-state index >= 15 is 0 Å². The number of carbonyl (C=O) groups is 1. The molecule has 1 N–H and O–H groups in total. The van der Waals surface area contributed by atoms with Crippen molar-refractivity contribution in [2.45, 2.75) is 20.3 Å². The van der Waals surface area contributed by atoms with Crippen molar-refractivity contribution in [1.82, 2.24) is 19.9 Å². The Morgan fingerprint density at radius 1 is 1.43 bits per heavy atom. The summed E-state index contributed by atoms with van der Waals surface area (Å²) in [5.74, 6) is 0.868. The third kappa shape index (κ3) is 2.98. The van der Waals surface area contributed by atoms with E-state index in [4.69, 9.17) is 0 Å². The molecule has 0 aromatic carbocycles. The Labute approximate surface area is 130 Å². The molecule has 0 aliphatic rings. The molecule has 1 amide bonds. The first-order valence-electron chi connectivity index (χ1n) is 6.80. The molecule has 110 valence electrons. The first kappa shape index (κ1) is 14.2. The summed E-state index contributed by atoms with van der Waals surface area (Å²) in [7, 11) is 0. The van der Waals surface area contributed by atoms with Gasteiger partial charge in [0, 0.05) is 24.3 Å². The summed E-state index contributed by atoms with van der Waals surface area (Å²) in [6.45, 7) is 4.41. The third-order valence-electron chi connectivity index (χ3n) is 3.10. The number of carbonyl (C=O) groups excluding carboxylic acids is 1. The molecule has 0 unspecified atom stereocenters. The lowest BCUT2D eigenvalue weighted by molar-refractivity contribution is -0.123. The molecule has 0 saturated carbocycles. The Bertz CT molecular complexity index is 742. The van der Waals surface area contributed by atoms with Gasteiger partial charge in [0.1, 0.15) is 0 Å². The SMILES string of the molecule is CC(C)C(=O)NCCc1csc2nc(-c3cccs3)nn12. The number of thiazole rings is 1. The molecule has 0 bridgehead atoms. The van der Waals surface area contributed by atoms with Crippen LogP contribution in [0.1, 0.15) is 19.5 Å². The number of nitrogens with zero attached hydrogens (tertiary/aromatic N) is 3. The average Bonchev–Trinajstić information content (AvgIpc) is 3.14. The maximum Gasteiger partial charge on any atom is 0.222 e. The van der Waals surface area contributed by atoms with Crippen molar-refractivity contribution >= 4 is 33.5 Å². The van der Waals surface area contributed by atoms with Crippen LogP contribution in [0.5, 0.6) is 0 Å². The minimum atomic E-state index is 0.0179. The van der Waals surface area contributed by atoms with Crippen LogP contribution in [0.2, 0.25) is 0 Å². The number of amides is 1. The summed E-state index contributed by atoms with van der Waals surface area (Å²) in [6, 6.07) is 4.02. The van der Waals surface area contributed by atoms with Crippen LogP contribution in [0.15, 0.2) is 22.9 Å². The van der Waals surface area contributed by atoms with Gasteiger partial charge >= 0.3 is 0 Å². The molecule has 0 saturated heterocycles. The van der Waals surface area contributed by atoms with Crippen LogP contribution in [0.3, 0.4) is 0 Å². The zero-order chi connectivity index (χ0) is 14.8. The monoisotopic (exact) mass is 320 g/mol. The van der Waals surface area contributed by atoms with Crippen LogP contribution in [0, 0.1) is 5.92 Å². The summed E-state index contributed by atoms with van der Waals surface area (Å²) in [5.41, 5.74) is 1.08. The van der Waals surface area contributed by atoms with Gasteiger partial charge in [-0.3, -0.25) is 4.79 Å². The van der Waals surface area contributed by atoms with Gasteiger partial charge in [0.05, 0.1) is 10.6 Å². The molecule has 3 aromatic rings. The van der Waals surface area contributed by atoms with E-state index in [1.165, 1.54) is 0 Å². The van der Waals surface area contributed by atoms with Crippen LogP contribution in [-0.4, -0.2) is 27.0 Å². The maximum atomic E-state index is 11.6. The van der Waals surface area contributed by atoms with E-state index in [9.17, 15) is 4.79 Å². The molecule has 3 rings (SSSR count). The van der Waals surface area contributed by atoms with Crippen LogP contribution in [0.4, 0.5) is 0 Å². The molecule has 3 aromatic heterocycles. The molecule has 7 heteroatoms. The average molecular weight is 320 g/mol. The highest BCUT2D eigenvalue weighted by molar-refractivity contribution is 7.15. The van der Waals surface area contributed by atoms with Crippen molar-refractivity contribution in [2.75, 3.05) is 6.54 Å². The number of hydrogen-bond acceptors (Lipinski definition) is 5. The van der Waals surface area contributed by atoms with Crippen LogP contribution < -0.4 is 5.32 Å². The van der Waals surface area contributed by atoms with Gasteiger partial charge in [-0.05, 0) is 11.4 Å². The fourth-order valence-corrected chi connectivity index (χ4v) is 3.43. The van der Waals surface area contributed by atoms with Gasteiger partial charge in [-0.1, -0.05) is 19.9 Å². The van der Waals surface area contributed by atoms with E-state index in [1.807, 2.05) is 35.9 Å². The Balaban J connectivity index is 1.73. The van der Waals surface area contributed by atoms with E-state index in [2.05, 4.69) is 20.8 Å². The molecule has 0 spiro atoms. The van der Waals surface area contributed by atoms with E-state index in [1.54, 1.807) is 22.7 Å². The predicted octanol–water partition coefficient (Wildman–Crippen LogP) is 2.83. The molecule has 0 atom stereocenters. The lowest BCUT2D eigenvalue weighted by Gasteiger charge is -2.06. The lowest BCUT2D eigenvalue weighted by Crippen LogP contribution is -2.29. The molecule has 0 fully saturated rings. The zero-order valence-corrected chi connectivity index (χ0v) is 13.5. The highest BCUT2D eigenvalue weighted by Gasteiger charge is 2.12. The summed E-state index contributed by atoms with van der Waals surface area (Å²) in [5, 5.41) is 11.6. The molecular formula is C14H16N4OS2. The molecule has 0 radical (unpaired) electrons. The molecule has 0 aliphatic heterocycles. The second-order valence-electron chi connectivity index (χ2n) is 5.03. The molecular weight excluding hydrogens is 304 g/mol. The number of rotatable bonds is 5. The standard InChI is InChI=1S/C14H16N4OS2/c1-9(2)13(19)15-6-5-10-8-21-14-16-12(17-18(10)14)11-4-3-7-20-11/h3-4,7-9H,5-6H2,1-2H3,(H,15,19). The van der Waals surface area contributed by atoms with E-state index in [0.29, 0.717) is 6.54 Å². The number of hydrogen-bond donors (Lipinski definition) is 1. The van der Waals surface area contributed by atoms with Crippen molar-refractivity contribution in [3.63, 3.8) is 0 Å². The Hall–Kier alpha value is -1.73. The summed E-state index contributed by atoms with van der Waals surface area (Å²) in [4.78, 5) is 18.1. The minimum absolute atomic E-state index is 0.0179. The van der Waals surface area contributed by atoms with Crippen LogP contribution in [0.25, 0.3) is 15.7 Å². The number of thiophene rings is 1. The second kappa shape index (κ2) is 5.95. The quantitative estimate of drug-likeness (QED) is 0.786. The van der Waals surface area contributed by atoms with E-state index in [0.717, 1.165) is 27.8 Å². The fraction of sp³-hybridized carbons (Fsp3) is 0.357. The van der Waals surface area contributed by atoms with Crippen molar-refractivity contribution in [2.24, 2.45) is 5.92 Å². The molecule has 3 heterocycles. The summed E-state index contributed by atoms with van der Waals surface area (Å²) < 4.78 is 1.88. The van der Waals surface area contributed by atoms with Gasteiger partial charge in [0.25, 0.3) is 0 Å². The van der Waals surface area contributed by atoms with Crippen LogP contribution in [-0.2, 0) is 11.2 Å². The first-order chi connectivity index (χ1) is 10.1. The molecule has 5 nitrogen and oxygen atoms in total. The van der Waals surface area contributed by atoms with Gasteiger partial charge in [-0.15, -0.1) is 27.8 Å². The second-order valence-corrected chi connectivity index (χ2v) is 6.81. The van der Waals surface area contributed by atoms with Gasteiger partial charge in [-0.2, -0.15) is 4.98 Å². The predicted molar refractivity (Wildman–Crippen MR) is 85.7 cm³/mol. The van der Waals surface area contributed by atoms with E-state index < -0.39 is 0 Å². The maximum absolute atomic E-state index is 11.6. The van der Waals surface area contributed by atoms with Crippen molar-refractivity contribution in [3.8, 4) is 10.7 Å². The Morgan fingerprint density at radius 3 is 3.00 bits per heavy atom. The fourth-order valence-electron chi connectivity index (χ4n) is 1.92. The highest BCUT2D eigenvalue weighted by atomic mass is 32.1. The van der Waals surface area contributed by atoms with Crippen molar-refractivity contribution < 1.29 is 4.79 Å². The largest absolute Gasteiger partial charge is 0.355 e. The van der Waals surface area contributed by atoms with E-state index in [-0.39, 0.29) is 11.8 Å². The lowest BCUT2D eigenvalue weighted by atomic mass is 10.2. The van der Waals surface area contributed by atoms with Gasteiger partial charge in [0.2, 0.25) is 10.9 Å². The minimum Gasteiger partial charge on any atom is -0.355 e. The van der Waals surface area contributed by atoms with Gasteiger partial charge < -0.3 is 5.32 Å². The summed E-state index contributed by atoms with van der Waals surface area (Å²) >= 11 is 3.21. The summed E-state index contributed by atoms with van der Waals surface area (Å²) in [6.07, 6.45) is 0.756. The van der Waals surface area contributed by atoms with Crippen LogP contribution >= 0.6 is 22.7 Å². The smallest absolute Gasteiger partial charge is 0.222 e. The molecule has 0 aliphatic carbocycles. The Morgan fingerprint density at radius 2 is 2.29 bits per heavy atom. The van der Waals surface area contributed by atoms with Crippen molar-refractivity contribution in [1.29, 1.82) is 0 Å². The molecule has 21 heavy (non-hydrogen) atoms. The highest BCUT2D eigenvalue weighted by Crippen LogP contribution is 2.24. The topological polar surface area (TPSA) is 59.3 Å². The number of aromatic nitrogens is 3. The first-order valence-corrected chi connectivity index (χ1v) is 8.56. The normalized spacial score (nSPS) is 11.4. The van der Waals surface area contributed by atoms with Gasteiger partial charge in [0.15, 0.2) is 5.82 Å². The van der Waals surface area contributed by atoms with Crippen molar-refractivity contribution in [3.05, 3.63) is 28.6 Å².